The molecule has 1 aromatic heterocycles. The molecule has 0 radical (unpaired) electrons. The van der Waals surface area contributed by atoms with Gasteiger partial charge in [-0.3, -0.25) is 0 Å². The van der Waals surface area contributed by atoms with Gasteiger partial charge in [-0.25, -0.2) is 9.59 Å². The van der Waals surface area contributed by atoms with Crippen molar-refractivity contribution in [2.75, 3.05) is 13.2 Å². The minimum Gasteiger partial charge on any atom is -0.462 e. The molecule has 0 aliphatic carbocycles. The number of urea groups is 1. The summed E-state index contributed by atoms with van der Waals surface area (Å²) < 4.78 is 10.1. The van der Waals surface area contributed by atoms with E-state index in [1.807, 2.05) is 6.92 Å². The molecule has 0 aliphatic heterocycles. The van der Waals surface area contributed by atoms with E-state index in [1.54, 1.807) is 12.1 Å². The Morgan fingerprint density at radius 1 is 1.50 bits per heavy atom. The second kappa shape index (κ2) is 7.16. The van der Waals surface area contributed by atoms with Crippen molar-refractivity contribution in [2.24, 2.45) is 5.73 Å². The van der Waals surface area contributed by atoms with Crippen molar-refractivity contribution >= 4 is 18.1 Å². The van der Waals surface area contributed by atoms with Gasteiger partial charge in [-0.1, -0.05) is 0 Å². The van der Waals surface area contributed by atoms with E-state index in [-0.39, 0.29) is 6.61 Å². The van der Waals surface area contributed by atoms with Crippen LogP contribution in [0.5, 0.6) is 0 Å². The monoisotopic (exact) mass is 252 g/mol. The molecule has 98 valence electrons. The third-order valence-corrected chi connectivity index (χ3v) is 2.01. The zero-order chi connectivity index (χ0) is 13.4. The van der Waals surface area contributed by atoms with E-state index >= 15 is 0 Å². The summed E-state index contributed by atoms with van der Waals surface area (Å²) in [6.07, 6.45) is 3.35. The van der Waals surface area contributed by atoms with Crippen molar-refractivity contribution < 1.29 is 18.7 Å². The summed E-state index contributed by atoms with van der Waals surface area (Å²) in [5.74, 6) is 0.920. The fraction of sp³-hybridized carbons (Fsp3) is 0.333. The standard InChI is InChI=1S/C12H16N2O4/c1-9-3-4-10(18-9)5-6-11(15)17-8-2-7-14-12(13)16/h3-6H,2,7-8H2,1H3,(H3,13,14,16). The molecule has 18 heavy (non-hydrogen) atoms. The predicted molar refractivity (Wildman–Crippen MR) is 65.6 cm³/mol. The molecular weight excluding hydrogens is 236 g/mol. The van der Waals surface area contributed by atoms with Gasteiger partial charge in [0.1, 0.15) is 11.5 Å². The average Bonchev–Trinajstić information content (AvgIpc) is 2.71. The molecule has 0 aliphatic rings. The minimum atomic E-state index is -0.589. The highest BCUT2D eigenvalue weighted by molar-refractivity contribution is 5.86. The third kappa shape index (κ3) is 5.74. The Labute approximate surface area is 105 Å². The Bertz CT molecular complexity index is 437. The normalized spacial score (nSPS) is 10.5. The first-order valence-corrected chi connectivity index (χ1v) is 5.52. The van der Waals surface area contributed by atoms with E-state index in [0.29, 0.717) is 18.7 Å². The van der Waals surface area contributed by atoms with Crippen LogP contribution < -0.4 is 11.1 Å². The molecule has 6 heteroatoms. The van der Waals surface area contributed by atoms with Crippen LogP contribution >= 0.6 is 0 Å². The maximum Gasteiger partial charge on any atom is 0.330 e. The molecule has 0 unspecified atom stereocenters. The molecule has 1 heterocycles. The van der Waals surface area contributed by atoms with Gasteiger partial charge < -0.3 is 20.2 Å². The molecule has 0 fully saturated rings. The number of primary amides is 1. The molecule has 2 amide bonds. The first-order valence-electron chi connectivity index (χ1n) is 5.52. The minimum absolute atomic E-state index is 0.223. The van der Waals surface area contributed by atoms with E-state index in [4.69, 9.17) is 14.9 Å². The molecule has 0 aromatic carbocycles. The van der Waals surface area contributed by atoms with Crippen LogP contribution in [-0.2, 0) is 9.53 Å². The fourth-order valence-corrected chi connectivity index (χ4v) is 1.20. The van der Waals surface area contributed by atoms with Crippen molar-refractivity contribution in [3.63, 3.8) is 0 Å². The van der Waals surface area contributed by atoms with Crippen molar-refractivity contribution in [3.8, 4) is 0 Å². The van der Waals surface area contributed by atoms with E-state index in [0.717, 1.165) is 5.76 Å². The van der Waals surface area contributed by atoms with Gasteiger partial charge in [0, 0.05) is 12.6 Å². The second-order valence-corrected chi connectivity index (χ2v) is 3.59. The smallest absolute Gasteiger partial charge is 0.330 e. The number of carbonyl (C=O) groups excluding carboxylic acids is 2. The number of amides is 2. The fourth-order valence-electron chi connectivity index (χ4n) is 1.20. The molecule has 0 saturated heterocycles. The zero-order valence-corrected chi connectivity index (χ0v) is 10.1. The maximum atomic E-state index is 11.3. The van der Waals surface area contributed by atoms with Gasteiger partial charge in [-0.2, -0.15) is 0 Å². The molecule has 3 N–H and O–H groups in total. The molecule has 0 spiro atoms. The van der Waals surface area contributed by atoms with Crippen LogP contribution in [0.25, 0.3) is 6.08 Å². The van der Waals surface area contributed by atoms with E-state index < -0.39 is 12.0 Å². The first kappa shape index (κ1) is 13.8. The summed E-state index contributed by atoms with van der Waals surface area (Å²) in [5, 5.41) is 2.39. The summed E-state index contributed by atoms with van der Waals surface area (Å²) in [7, 11) is 0. The number of carbonyl (C=O) groups is 2. The number of furan rings is 1. The van der Waals surface area contributed by atoms with Crippen molar-refractivity contribution in [1.82, 2.24) is 5.32 Å². The Balaban J connectivity index is 2.17. The van der Waals surface area contributed by atoms with Crippen LogP contribution in [0.3, 0.4) is 0 Å². The second-order valence-electron chi connectivity index (χ2n) is 3.59. The van der Waals surface area contributed by atoms with Gasteiger partial charge in [0.2, 0.25) is 0 Å². The van der Waals surface area contributed by atoms with Crippen LogP contribution in [0.15, 0.2) is 22.6 Å². The average molecular weight is 252 g/mol. The lowest BCUT2D eigenvalue weighted by Gasteiger charge is -2.02. The molecule has 0 bridgehead atoms. The SMILES string of the molecule is Cc1ccc(C=CC(=O)OCCCNC(N)=O)o1. The topological polar surface area (TPSA) is 94.6 Å². The largest absolute Gasteiger partial charge is 0.462 e. The highest BCUT2D eigenvalue weighted by Gasteiger charge is 1.99. The Kier molecular flexibility index (Phi) is 5.50. The highest BCUT2D eigenvalue weighted by atomic mass is 16.5. The summed E-state index contributed by atoms with van der Waals surface area (Å²) in [6.45, 7) is 2.42. The molecular formula is C12H16N2O4. The third-order valence-electron chi connectivity index (χ3n) is 2.01. The van der Waals surface area contributed by atoms with E-state index in [1.165, 1.54) is 12.2 Å². The maximum absolute atomic E-state index is 11.3. The zero-order valence-electron chi connectivity index (χ0n) is 10.1. The number of nitrogens with two attached hydrogens (primary N) is 1. The molecule has 1 rings (SSSR count). The molecule has 0 saturated carbocycles. The van der Waals surface area contributed by atoms with Gasteiger partial charge in [0.25, 0.3) is 0 Å². The van der Waals surface area contributed by atoms with Gasteiger partial charge in [0.05, 0.1) is 6.61 Å². The van der Waals surface area contributed by atoms with Gasteiger partial charge in [0.15, 0.2) is 0 Å². The van der Waals surface area contributed by atoms with Crippen molar-refractivity contribution in [3.05, 3.63) is 29.7 Å². The van der Waals surface area contributed by atoms with E-state index in [2.05, 4.69) is 5.32 Å². The predicted octanol–water partition coefficient (Wildman–Crippen LogP) is 1.20. The number of nitrogens with one attached hydrogen (secondary N) is 1. The highest BCUT2D eigenvalue weighted by Crippen LogP contribution is 2.07. The quantitative estimate of drug-likeness (QED) is 0.452. The lowest BCUT2D eigenvalue weighted by Crippen LogP contribution is -2.30. The lowest BCUT2D eigenvalue weighted by molar-refractivity contribution is -0.137. The van der Waals surface area contributed by atoms with Crippen molar-refractivity contribution in [1.29, 1.82) is 0 Å². The summed E-state index contributed by atoms with van der Waals surface area (Å²) in [5.41, 5.74) is 4.87. The summed E-state index contributed by atoms with van der Waals surface area (Å²) in [4.78, 5) is 21.6. The Hall–Kier alpha value is -2.24. The van der Waals surface area contributed by atoms with Gasteiger partial charge in [-0.05, 0) is 31.6 Å². The number of hydrogen-bond donors (Lipinski definition) is 2. The van der Waals surface area contributed by atoms with Crippen LogP contribution in [-0.4, -0.2) is 25.2 Å². The van der Waals surface area contributed by atoms with Crippen LogP contribution in [0, 0.1) is 6.92 Å². The number of aryl methyl sites for hydroxylation is 1. The summed E-state index contributed by atoms with van der Waals surface area (Å²) >= 11 is 0. The lowest BCUT2D eigenvalue weighted by atomic mass is 10.4. The number of ether oxygens (including phenoxy) is 1. The van der Waals surface area contributed by atoms with Crippen LogP contribution in [0.1, 0.15) is 17.9 Å². The molecule has 6 nitrogen and oxygen atoms in total. The first-order chi connectivity index (χ1) is 8.58. The van der Waals surface area contributed by atoms with Crippen LogP contribution in [0.2, 0.25) is 0 Å². The Morgan fingerprint density at radius 2 is 2.28 bits per heavy atom. The van der Waals surface area contributed by atoms with Crippen molar-refractivity contribution in [2.45, 2.75) is 13.3 Å². The molecule has 1 aromatic rings. The Morgan fingerprint density at radius 3 is 2.89 bits per heavy atom. The number of hydrogen-bond acceptors (Lipinski definition) is 4. The van der Waals surface area contributed by atoms with Crippen LogP contribution in [0.4, 0.5) is 4.79 Å². The van der Waals surface area contributed by atoms with Gasteiger partial charge >= 0.3 is 12.0 Å². The van der Waals surface area contributed by atoms with E-state index in [9.17, 15) is 9.59 Å². The molecule has 0 atom stereocenters. The summed E-state index contributed by atoms with van der Waals surface area (Å²) in [6, 6.07) is 2.98. The number of esters is 1. The number of rotatable bonds is 6. The van der Waals surface area contributed by atoms with Gasteiger partial charge in [-0.15, -0.1) is 0 Å².